The van der Waals surface area contributed by atoms with Crippen LogP contribution in [0.5, 0.6) is 0 Å². The summed E-state index contributed by atoms with van der Waals surface area (Å²) in [6, 6.07) is 0. The van der Waals surface area contributed by atoms with Crippen molar-refractivity contribution in [1.29, 1.82) is 0 Å². The summed E-state index contributed by atoms with van der Waals surface area (Å²) in [5, 5.41) is 0. The third-order valence-electron chi connectivity index (χ3n) is 6.10. The summed E-state index contributed by atoms with van der Waals surface area (Å²) in [5.41, 5.74) is 1.18. The van der Waals surface area contributed by atoms with Gasteiger partial charge in [0.05, 0.1) is 0 Å². The fourth-order valence-electron chi connectivity index (χ4n) is 4.22. The Balaban J connectivity index is 2.25. The number of hydrogen-bond donors (Lipinski definition) is 0. The van der Waals surface area contributed by atoms with E-state index in [1.165, 1.54) is 37.7 Å². The predicted molar refractivity (Wildman–Crippen MR) is 139 cm³/mol. The molecule has 0 N–H and O–H groups in total. The number of carbonyl (C=O) groups excluding carboxylic acids is 2. The van der Waals surface area contributed by atoms with Crippen LogP contribution in [0.15, 0.2) is 11.1 Å². The fourth-order valence-corrected chi connectivity index (χ4v) is 4.22. The molecule has 1 aliphatic rings. The SMILES string of the molecule is CCCCC1=C(C(=O)OOC(C)(C)C)CC(CCCCCCCCCC(=O)OOC(C)(C)C)CC1. The summed E-state index contributed by atoms with van der Waals surface area (Å²) < 4.78 is 0. The van der Waals surface area contributed by atoms with E-state index in [9.17, 15) is 9.59 Å². The quantitative estimate of drug-likeness (QED) is 0.121. The monoisotopic (exact) mass is 496 g/mol. The molecule has 6 nitrogen and oxygen atoms in total. The van der Waals surface area contributed by atoms with E-state index in [4.69, 9.17) is 19.6 Å². The van der Waals surface area contributed by atoms with E-state index in [0.717, 1.165) is 63.4 Å². The van der Waals surface area contributed by atoms with Crippen LogP contribution in [0, 0.1) is 5.92 Å². The van der Waals surface area contributed by atoms with Crippen LogP contribution < -0.4 is 0 Å². The molecule has 0 fully saturated rings. The van der Waals surface area contributed by atoms with Gasteiger partial charge in [0.15, 0.2) is 0 Å². The first-order valence-electron chi connectivity index (χ1n) is 13.9. The first-order valence-corrected chi connectivity index (χ1v) is 13.9. The molecule has 204 valence electrons. The second kappa shape index (κ2) is 16.4. The minimum Gasteiger partial charge on any atom is -0.298 e. The van der Waals surface area contributed by atoms with Gasteiger partial charge in [-0.15, -0.1) is 0 Å². The average molecular weight is 497 g/mol. The molecular formula is C29H52O6. The van der Waals surface area contributed by atoms with Crippen molar-refractivity contribution in [1.82, 2.24) is 0 Å². The number of hydrogen-bond acceptors (Lipinski definition) is 6. The topological polar surface area (TPSA) is 71.1 Å². The van der Waals surface area contributed by atoms with Gasteiger partial charge in [-0.05, 0) is 86.0 Å². The molecule has 0 radical (unpaired) electrons. The maximum Gasteiger partial charge on any atom is 0.369 e. The van der Waals surface area contributed by atoms with Crippen LogP contribution in [0.1, 0.15) is 145 Å². The smallest absolute Gasteiger partial charge is 0.298 e. The van der Waals surface area contributed by atoms with Crippen LogP contribution in [0.3, 0.4) is 0 Å². The standard InChI is InChI=1S/C29H52O6/c1-8-9-18-24-21-20-23(22-25(24)27(31)33-35-29(5,6)7)17-15-13-11-10-12-14-16-19-26(30)32-34-28(2,3)4/h23H,8-22H2,1-7H3. The minimum atomic E-state index is -0.502. The second-order valence-electron chi connectivity index (χ2n) is 12.0. The fraction of sp³-hybridized carbons (Fsp3) is 0.862. The molecule has 0 saturated heterocycles. The summed E-state index contributed by atoms with van der Waals surface area (Å²) >= 11 is 0. The summed E-state index contributed by atoms with van der Waals surface area (Å²) in [4.78, 5) is 44.8. The first-order chi connectivity index (χ1) is 16.4. The molecule has 35 heavy (non-hydrogen) atoms. The zero-order valence-electron chi connectivity index (χ0n) is 23.6. The summed E-state index contributed by atoms with van der Waals surface area (Å²) in [6.45, 7) is 13.4. The van der Waals surface area contributed by atoms with Gasteiger partial charge in [0.2, 0.25) is 0 Å². The lowest BCUT2D eigenvalue weighted by Crippen LogP contribution is -2.25. The zero-order chi connectivity index (χ0) is 26.3. The van der Waals surface area contributed by atoms with Crippen molar-refractivity contribution < 1.29 is 29.1 Å². The van der Waals surface area contributed by atoms with Gasteiger partial charge in [-0.1, -0.05) is 63.9 Å². The summed E-state index contributed by atoms with van der Waals surface area (Å²) in [6.07, 6.45) is 15.7. The molecule has 1 unspecified atom stereocenters. The Hall–Kier alpha value is -1.40. The van der Waals surface area contributed by atoms with E-state index in [0.29, 0.717) is 12.3 Å². The van der Waals surface area contributed by atoms with Gasteiger partial charge >= 0.3 is 11.9 Å². The number of rotatable bonds is 16. The lowest BCUT2D eigenvalue weighted by molar-refractivity contribution is -0.320. The summed E-state index contributed by atoms with van der Waals surface area (Å²) in [7, 11) is 0. The first kappa shape index (κ1) is 31.6. The Morgan fingerprint density at radius 3 is 1.97 bits per heavy atom. The minimum absolute atomic E-state index is 0.285. The zero-order valence-corrected chi connectivity index (χ0v) is 23.6. The molecule has 0 aromatic rings. The highest BCUT2D eigenvalue weighted by molar-refractivity contribution is 5.89. The van der Waals surface area contributed by atoms with E-state index >= 15 is 0 Å². The van der Waals surface area contributed by atoms with E-state index in [1.54, 1.807) is 0 Å². The van der Waals surface area contributed by atoms with Gasteiger partial charge in [-0.2, -0.15) is 9.78 Å². The molecule has 0 bridgehead atoms. The van der Waals surface area contributed by atoms with Gasteiger partial charge < -0.3 is 0 Å². The Kier molecular flexibility index (Phi) is 14.8. The highest BCUT2D eigenvalue weighted by Gasteiger charge is 2.27. The van der Waals surface area contributed by atoms with Crippen molar-refractivity contribution in [2.75, 3.05) is 0 Å². The normalized spacial score (nSPS) is 16.9. The van der Waals surface area contributed by atoms with Crippen molar-refractivity contribution >= 4 is 11.9 Å². The van der Waals surface area contributed by atoms with Gasteiger partial charge in [-0.3, -0.25) is 9.78 Å². The Morgan fingerprint density at radius 2 is 1.37 bits per heavy atom. The Bertz CT molecular complexity index is 653. The Labute approximate surface area is 214 Å². The second-order valence-corrected chi connectivity index (χ2v) is 12.0. The van der Waals surface area contributed by atoms with Gasteiger partial charge in [0.1, 0.15) is 11.2 Å². The molecule has 1 rings (SSSR count). The third kappa shape index (κ3) is 16.1. The predicted octanol–water partition coefficient (Wildman–Crippen LogP) is 8.33. The number of unbranched alkanes of at least 4 members (excludes halogenated alkanes) is 7. The molecule has 0 aromatic heterocycles. The molecular weight excluding hydrogens is 444 g/mol. The van der Waals surface area contributed by atoms with Crippen molar-refractivity contribution in [3.8, 4) is 0 Å². The molecule has 0 saturated carbocycles. The van der Waals surface area contributed by atoms with Crippen LogP contribution >= 0.6 is 0 Å². The molecule has 0 spiro atoms. The van der Waals surface area contributed by atoms with Crippen molar-refractivity contribution in [2.45, 2.75) is 156 Å². The molecule has 6 heteroatoms. The van der Waals surface area contributed by atoms with Crippen molar-refractivity contribution in [3.63, 3.8) is 0 Å². The van der Waals surface area contributed by atoms with Crippen LogP contribution in [0.2, 0.25) is 0 Å². The van der Waals surface area contributed by atoms with Crippen molar-refractivity contribution in [2.24, 2.45) is 5.92 Å². The van der Waals surface area contributed by atoms with Crippen LogP contribution in [-0.4, -0.2) is 23.1 Å². The number of allylic oxidation sites excluding steroid dienone is 1. The van der Waals surface area contributed by atoms with Crippen molar-refractivity contribution in [3.05, 3.63) is 11.1 Å². The highest BCUT2D eigenvalue weighted by Crippen LogP contribution is 2.36. The molecule has 1 atom stereocenters. The van der Waals surface area contributed by atoms with E-state index in [2.05, 4.69) is 6.92 Å². The highest BCUT2D eigenvalue weighted by atomic mass is 17.2. The maximum atomic E-state index is 12.7. The van der Waals surface area contributed by atoms with E-state index in [1.807, 2.05) is 41.5 Å². The lowest BCUT2D eigenvalue weighted by atomic mass is 9.80. The Morgan fingerprint density at radius 1 is 0.800 bits per heavy atom. The van der Waals surface area contributed by atoms with Gasteiger partial charge in [0, 0.05) is 12.0 Å². The summed E-state index contributed by atoms with van der Waals surface area (Å²) in [5.74, 6) is -0.0176. The average Bonchev–Trinajstić information content (AvgIpc) is 2.78. The van der Waals surface area contributed by atoms with Gasteiger partial charge in [-0.25, -0.2) is 9.59 Å². The lowest BCUT2D eigenvalue weighted by Gasteiger charge is -2.27. The largest absolute Gasteiger partial charge is 0.369 e. The number of carbonyl (C=O) groups is 2. The molecule has 0 aliphatic heterocycles. The van der Waals surface area contributed by atoms with Crippen LogP contribution in [0.4, 0.5) is 0 Å². The molecule has 0 amide bonds. The molecule has 1 aliphatic carbocycles. The van der Waals surface area contributed by atoms with Gasteiger partial charge in [0.25, 0.3) is 0 Å². The molecule has 0 heterocycles. The van der Waals surface area contributed by atoms with E-state index < -0.39 is 11.2 Å². The van der Waals surface area contributed by atoms with Crippen LogP contribution in [-0.2, 0) is 29.1 Å². The third-order valence-corrected chi connectivity index (χ3v) is 6.10. The van der Waals surface area contributed by atoms with Crippen LogP contribution in [0.25, 0.3) is 0 Å². The molecule has 0 aromatic carbocycles. The maximum absolute atomic E-state index is 12.7. The van der Waals surface area contributed by atoms with E-state index in [-0.39, 0.29) is 11.9 Å².